The van der Waals surface area contributed by atoms with Crippen LogP contribution >= 0.6 is 0 Å². The lowest BCUT2D eigenvalue weighted by atomic mass is 10.2. The first-order valence-corrected chi connectivity index (χ1v) is 5.54. The zero-order valence-corrected chi connectivity index (χ0v) is 10.4. The topological polar surface area (TPSA) is 44.8 Å². The van der Waals surface area contributed by atoms with Crippen LogP contribution in [0.15, 0.2) is 30.3 Å². The summed E-state index contributed by atoms with van der Waals surface area (Å²) < 4.78 is 15.4. The van der Waals surface area contributed by atoms with Crippen molar-refractivity contribution in [1.82, 2.24) is 0 Å². The van der Waals surface area contributed by atoms with Gasteiger partial charge >= 0.3 is 5.97 Å². The molecule has 0 N–H and O–H groups in total. The van der Waals surface area contributed by atoms with Gasteiger partial charge in [0.2, 0.25) is 0 Å². The molecule has 4 nitrogen and oxygen atoms in total. The molecule has 4 heteroatoms. The average Bonchev–Trinajstić information content (AvgIpc) is 2.34. The van der Waals surface area contributed by atoms with Crippen LogP contribution in [-0.4, -0.2) is 26.0 Å². The number of carbonyl (C=O) groups is 1. The molecule has 0 fully saturated rings. The highest BCUT2D eigenvalue weighted by Gasteiger charge is 2.21. The summed E-state index contributed by atoms with van der Waals surface area (Å²) in [5.74, 6) is 0.346. The Morgan fingerprint density at radius 1 is 1.24 bits per heavy atom. The zero-order chi connectivity index (χ0) is 12.7. The van der Waals surface area contributed by atoms with E-state index in [0.717, 1.165) is 0 Å². The number of para-hydroxylation sites is 1. The normalized spacial score (nSPS) is 12.2. The lowest BCUT2D eigenvalue weighted by Crippen LogP contribution is -2.32. The van der Waals surface area contributed by atoms with Gasteiger partial charge < -0.3 is 14.2 Å². The summed E-state index contributed by atoms with van der Waals surface area (Å²) in [6.07, 6.45) is -1.02. The van der Waals surface area contributed by atoms with Crippen molar-refractivity contribution < 1.29 is 19.0 Å². The van der Waals surface area contributed by atoms with Gasteiger partial charge in [0.15, 0.2) is 0 Å². The molecular formula is C13H18O4. The molecule has 0 aliphatic carbocycles. The molecule has 0 amide bonds. The Labute approximate surface area is 101 Å². The Hall–Kier alpha value is -1.55. The molecule has 1 unspecified atom stereocenters. The van der Waals surface area contributed by atoms with Crippen LogP contribution in [0, 0.1) is 5.92 Å². The van der Waals surface area contributed by atoms with Gasteiger partial charge in [0.05, 0.1) is 6.61 Å². The lowest BCUT2D eigenvalue weighted by Gasteiger charge is -2.16. The number of methoxy groups -OCH3 is 1. The van der Waals surface area contributed by atoms with Crippen LogP contribution in [0.4, 0.5) is 0 Å². The Bertz CT molecular complexity index is 335. The van der Waals surface area contributed by atoms with Crippen LogP contribution in [0.2, 0.25) is 0 Å². The van der Waals surface area contributed by atoms with E-state index in [2.05, 4.69) is 0 Å². The summed E-state index contributed by atoms with van der Waals surface area (Å²) in [7, 11) is 1.41. The van der Waals surface area contributed by atoms with Crippen LogP contribution in [0.3, 0.4) is 0 Å². The monoisotopic (exact) mass is 238 g/mol. The molecule has 0 aliphatic heterocycles. The third-order valence-electron chi connectivity index (χ3n) is 1.95. The molecule has 0 aromatic heterocycles. The molecule has 1 aromatic carbocycles. The number of hydrogen-bond acceptors (Lipinski definition) is 4. The van der Waals surface area contributed by atoms with E-state index >= 15 is 0 Å². The largest absolute Gasteiger partial charge is 0.461 e. The number of carbonyl (C=O) groups excluding carboxylic acids is 1. The predicted octanol–water partition coefficient (Wildman–Crippen LogP) is 2.24. The maximum atomic E-state index is 11.6. The van der Waals surface area contributed by atoms with Crippen LogP contribution in [0.1, 0.15) is 13.8 Å². The van der Waals surface area contributed by atoms with E-state index in [4.69, 9.17) is 14.2 Å². The van der Waals surface area contributed by atoms with Crippen molar-refractivity contribution in [1.29, 1.82) is 0 Å². The van der Waals surface area contributed by atoms with Crippen LogP contribution in [0.25, 0.3) is 0 Å². The molecule has 0 saturated heterocycles. The number of hydrogen-bond donors (Lipinski definition) is 0. The van der Waals surface area contributed by atoms with Gasteiger partial charge in [-0.2, -0.15) is 0 Å². The van der Waals surface area contributed by atoms with Crippen molar-refractivity contribution in [2.75, 3.05) is 13.7 Å². The summed E-state index contributed by atoms with van der Waals surface area (Å²) >= 11 is 0. The van der Waals surface area contributed by atoms with Gasteiger partial charge in [0.1, 0.15) is 5.75 Å². The molecule has 0 radical (unpaired) electrons. The maximum absolute atomic E-state index is 11.6. The molecule has 1 atom stereocenters. The Morgan fingerprint density at radius 3 is 2.41 bits per heavy atom. The van der Waals surface area contributed by atoms with Gasteiger partial charge in [-0.1, -0.05) is 32.0 Å². The maximum Gasteiger partial charge on any atom is 0.376 e. The second kappa shape index (κ2) is 6.91. The van der Waals surface area contributed by atoms with Gasteiger partial charge in [0, 0.05) is 7.11 Å². The SMILES string of the molecule is COC(Oc1ccccc1)C(=O)OCC(C)C. The number of rotatable bonds is 6. The zero-order valence-electron chi connectivity index (χ0n) is 10.4. The van der Waals surface area contributed by atoms with Gasteiger partial charge in [-0.05, 0) is 18.1 Å². The first-order valence-electron chi connectivity index (χ1n) is 5.54. The molecule has 94 valence electrons. The fraction of sp³-hybridized carbons (Fsp3) is 0.462. The summed E-state index contributed by atoms with van der Waals surface area (Å²) in [4.78, 5) is 11.6. The summed E-state index contributed by atoms with van der Waals surface area (Å²) in [5.41, 5.74) is 0. The first-order chi connectivity index (χ1) is 8.13. The highest BCUT2D eigenvalue weighted by atomic mass is 16.7. The third kappa shape index (κ3) is 4.87. The van der Waals surface area contributed by atoms with Gasteiger partial charge in [-0.3, -0.25) is 0 Å². The molecule has 1 rings (SSSR count). The molecule has 0 saturated carbocycles. The van der Waals surface area contributed by atoms with E-state index in [1.807, 2.05) is 32.0 Å². The third-order valence-corrected chi connectivity index (χ3v) is 1.95. The van der Waals surface area contributed by atoms with E-state index < -0.39 is 12.3 Å². The van der Waals surface area contributed by atoms with Crippen LogP contribution < -0.4 is 4.74 Å². The number of esters is 1. The standard InChI is InChI=1S/C13H18O4/c1-10(2)9-16-12(14)13(15-3)17-11-7-5-4-6-8-11/h4-8,10,13H,9H2,1-3H3. The minimum atomic E-state index is -1.02. The molecule has 0 aliphatic rings. The van der Waals surface area contributed by atoms with E-state index in [1.165, 1.54) is 7.11 Å². The number of ether oxygens (including phenoxy) is 3. The van der Waals surface area contributed by atoms with Gasteiger partial charge in [-0.25, -0.2) is 4.79 Å². The fourth-order valence-electron chi connectivity index (χ4n) is 1.13. The van der Waals surface area contributed by atoms with Crippen LogP contribution in [0.5, 0.6) is 5.75 Å². The quantitative estimate of drug-likeness (QED) is 0.563. The van der Waals surface area contributed by atoms with Gasteiger partial charge in [0.25, 0.3) is 6.29 Å². The van der Waals surface area contributed by atoms with Crippen molar-refractivity contribution in [3.05, 3.63) is 30.3 Å². The van der Waals surface area contributed by atoms with Crippen LogP contribution in [-0.2, 0) is 14.3 Å². The van der Waals surface area contributed by atoms with E-state index in [-0.39, 0.29) is 5.92 Å². The molecule has 0 heterocycles. The molecule has 0 spiro atoms. The minimum Gasteiger partial charge on any atom is -0.461 e. The van der Waals surface area contributed by atoms with Crippen molar-refractivity contribution in [3.63, 3.8) is 0 Å². The second-order valence-electron chi connectivity index (χ2n) is 4.02. The first kappa shape index (κ1) is 13.5. The van der Waals surface area contributed by atoms with E-state index in [0.29, 0.717) is 12.4 Å². The van der Waals surface area contributed by atoms with E-state index in [9.17, 15) is 4.79 Å². The summed E-state index contributed by atoms with van der Waals surface area (Å²) in [6, 6.07) is 9.01. The lowest BCUT2D eigenvalue weighted by molar-refractivity contribution is -0.174. The summed E-state index contributed by atoms with van der Waals surface area (Å²) in [5, 5.41) is 0. The van der Waals surface area contributed by atoms with Crippen molar-refractivity contribution >= 4 is 5.97 Å². The number of benzene rings is 1. The molecule has 0 bridgehead atoms. The molecule has 1 aromatic rings. The Morgan fingerprint density at radius 2 is 1.88 bits per heavy atom. The smallest absolute Gasteiger partial charge is 0.376 e. The second-order valence-corrected chi connectivity index (χ2v) is 4.02. The Balaban J connectivity index is 2.51. The van der Waals surface area contributed by atoms with E-state index in [1.54, 1.807) is 12.1 Å². The average molecular weight is 238 g/mol. The fourth-order valence-corrected chi connectivity index (χ4v) is 1.13. The highest BCUT2D eigenvalue weighted by molar-refractivity contribution is 5.73. The minimum absolute atomic E-state index is 0.285. The molecule has 17 heavy (non-hydrogen) atoms. The predicted molar refractivity (Wildman–Crippen MR) is 63.7 cm³/mol. The van der Waals surface area contributed by atoms with Crippen molar-refractivity contribution in [3.8, 4) is 5.75 Å². The Kier molecular flexibility index (Phi) is 5.49. The highest BCUT2D eigenvalue weighted by Crippen LogP contribution is 2.12. The van der Waals surface area contributed by atoms with Crippen molar-refractivity contribution in [2.24, 2.45) is 5.92 Å². The van der Waals surface area contributed by atoms with Crippen molar-refractivity contribution in [2.45, 2.75) is 20.1 Å². The molecular weight excluding hydrogens is 220 g/mol. The van der Waals surface area contributed by atoms with Gasteiger partial charge in [-0.15, -0.1) is 0 Å². The summed E-state index contributed by atoms with van der Waals surface area (Å²) in [6.45, 7) is 4.29.